The number of rotatable bonds is 3. The van der Waals surface area contributed by atoms with Gasteiger partial charge in [0.05, 0.1) is 5.69 Å². The first-order valence-electron chi connectivity index (χ1n) is 3.76. The molecule has 1 rings (SSSR count). The molecule has 0 bridgehead atoms. The maximum Gasteiger partial charge on any atom is 0.317 e. The van der Waals surface area contributed by atoms with E-state index in [2.05, 4.69) is 4.98 Å². The zero-order chi connectivity index (χ0) is 8.97. The summed E-state index contributed by atoms with van der Waals surface area (Å²) in [4.78, 5) is 14.6. The summed E-state index contributed by atoms with van der Waals surface area (Å²) in [7, 11) is 0. The Morgan fingerprint density at radius 2 is 2.33 bits per heavy atom. The summed E-state index contributed by atoms with van der Waals surface area (Å²) >= 11 is 0. The van der Waals surface area contributed by atoms with Crippen LogP contribution in [0.1, 0.15) is 19.0 Å². The lowest BCUT2D eigenvalue weighted by atomic mass is 10.0. The molecule has 1 radical (unpaired) electrons. The van der Waals surface area contributed by atoms with Crippen molar-refractivity contribution in [3.8, 4) is 0 Å². The van der Waals surface area contributed by atoms with E-state index >= 15 is 0 Å². The molecule has 0 atom stereocenters. The fourth-order valence-corrected chi connectivity index (χ4v) is 0.983. The summed E-state index contributed by atoms with van der Waals surface area (Å²) in [5, 5.41) is 8.75. The third-order valence-electron chi connectivity index (χ3n) is 1.59. The molecule has 1 heterocycles. The number of aliphatic carboxylic acids is 1. The number of hydrogen-bond donors (Lipinski definition) is 1. The van der Waals surface area contributed by atoms with Gasteiger partial charge in [-0.3, -0.25) is 9.78 Å². The van der Waals surface area contributed by atoms with Gasteiger partial charge in [-0.1, -0.05) is 13.0 Å². The van der Waals surface area contributed by atoms with Crippen LogP contribution < -0.4 is 0 Å². The Hall–Kier alpha value is -1.38. The van der Waals surface area contributed by atoms with Gasteiger partial charge in [0.2, 0.25) is 0 Å². The van der Waals surface area contributed by atoms with Crippen molar-refractivity contribution in [2.24, 2.45) is 0 Å². The molecule has 0 saturated carbocycles. The second-order valence-electron chi connectivity index (χ2n) is 2.35. The highest BCUT2D eigenvalue weighted by Crippen LogP contribution is 2.14. The van der Waals surface area contributed by atoms with Gasteiger partial charge in [-0.25, -0.2) is 0 Å². The monoisotopic (exact) mass is 164 g/mol. The molecule has 1 N–H and O–H groups in total. The lowest BCUT2D eigenvalue weighted by Crippen LogP contribution is -2.12. The summed E-state index contributed by atoms with van der Waals surface area (Å²) in [6.07, 6.45) is 2.08. The quantitative estimate of drug-likeness (QED) is 0.736. The minimum absolute atomic E-state index is 0.357. The minimum atomic E-state index is -0.892. The highest BCUT2D eigenvalue weighted by atomic mass is 16.4. The molecule has 0 aliphatic heterocycles. The molecule has 3 heteroatoms. The SMILES string of the molecule is CC[C](C(=O)O)c1ccccn1. The van der Waals surface area contributed by atoms with Crippen molar-refractivity contribution in [2.45, 2.75) is 13.3 Å². The summed E-state index contributed by atoms with van der Waals surface area (Å²) in [5.41, 5.74) is 0.549. The van der Waals surface area contributed by atoms with Crippen LogP contribution in [0.2, 0.25) is 0 Å². The molecule has 1 aromatic heterocycles. The summed E-state index contributed by atoms with van der Waals surface area (Å²) in [6.45, 7) is 1.80. The van der Waals surface area contributed by atoms with Crippen LogP contribution >= 0.6 is 0 Å². The Morgan fingerprint density at radius 3 is 2.75 bits per heavy atom. The first kappa shape index (κ1) is 8.71. The Morgan fingerprint density at radius 1 is 1.58 bits per heavy atom. The number of carboxylic acid groups (broad SMARTS) is 1. The van der Waals surface area contributed by atoms with Crippen LogP contribution in [0, 0.1) is 5.92 Å². The van der Waals surface area contributed by atoms with Crippen LogP contribution in [0.15, 0.2) is 24.4 Å². The lowest BCUT2D eigenvalue weighted by Gasteiger charge is -2.06. The molecule has 1 aromatic rings. The maximum absolute atomic E-state index is 10.7. The summed E-state index contributed by atoms with van der Waals surface area (Å²) in [6, 6.07) is 5.24. The number of carboxylic acids is 1. The van der Waals surface area contributed by atoms with Gasteiger partial charge in [0, 0.05) is 6.20 Å². The van der Waals surface area contributed by atoms with Crippen LogP contribution in [-0.4, -0.2) is 16.1 Å². The second-order valence-corrected chi connectivity index (χ2v) is 2.35. The second kappa shape index (κ2) is 3.85. The van der Waals surface area contributed by atoms with Gasteiger partial charge < -0.3 is 5.11 Å². The smallest absolute Gasteiger partial charge is 0.317 e. The van der Waals surface area contributed by atoms with E-state index in [1.807, 2.05) is 0 Å². The molecule has 0 fully saturated rings. The first-order valence-corrected chi connectivity index (χ1v) is 3.76. The molecule has 0 aliphatic rings. The van der Waals surface area contributed by atoms with Crippen molar-refractivity contribution in [1.82, 2.24) is 4.98 Å². The van der Waals surface area contributed by atoms with Crippen molar-refractivity contribution in [1.29, 1.82) is 0 Å². The van der Waals surface area contributed by atoms with Crippen molar-refractivity contribution >= 4 is 5.97 Å². The van der Waals surface area contributed by atoms with E-state index in [0.717, 1.165) is 0 Å². The van der Waals surface area contributed by atoms with E-state index in [-0.39, 0.29) is 0 Å². The number of hydrogen-bond acceptors (Lipinski definition) is 2. The van der Waals surface area contributed by atoms with E-state index in [4.69, 9.17) is 5.11 Å². The van der Waals surface area contributed by atoms with E-state index < -0.39 is 5.97 Å². The third kappa shape index (κ3) is 1.81. The highest BCUT2D eigenvalue weighted by Gasteiger charge is 2.19. The van der Waals surface area contributed by atoms with Gasteiger partial charge in [0.1, 0.15) is 5.92 Å². The standard InChI is InChI=1S/C9H10NO2/c1-2-7(9(11)12)8-5-3-4-6-10-8/h3-6H,2H2,1H3,(H,11,12). The van der Waals surface area contributed by atoms with Gasteiger partial charge in [-0.05, 0) is 18.6 Å². The highest BCUT2D eigenvalue weighted by molar-refractivity contribution is 5.86. The van der Waals surface area contributed by atoms with Crippen LogP contribution in [-0.2, 0) is 4.79 Å². The third-order valence-corrected chi connectivity index (χ3v) is 1.59. The largest absolute Gasteiger partial charge is 0.480 e. The van der Waals surface area contributed by atoms with E-state index in [1.165, 1.54) is 0 Å². The first-order chi connectivity index (χ1) is 5.75. The predicted molar refractivity (Wildman–Crippen MR) is 44.5 cm³/mol. The fraction of sp³-hybridized carbons (Fsp3) is 0.222. The molecular formula is C9H10NO2. The Balaban J connectivity index is 2.88. The Kier molecular flexibility index (Phi) is 2.80. The molecule has 0 amide bonds. The number of nitrogens with zero attached hydrogens (tertiary/aromatic N) is 1. The van der Waals surface area contributed by atoms with Crippen LogP contribution in [0.3, 0.4) is 0 Å². The van der Waals surface area contributed by atoms with Crippen molar-refractivity contribution in [3.05, 3.63) is 36.0 Å². The molecule has 63 valence electrons. The van der Waals surface area contributed by atoms with Crippen molar-refractivity contribution in [3.63, 3.8) is 0 Å². The predicted octanol–water partition coefficient (Wildman–Crippen LogP) is 1.50. The molecule has 0 saturated heterocycles. The van der Waals surface area contributed by atoms with Crippen LogP contribution in [0.5, 0.6) is 0 Å². The van der Waals surface area contributed by atoms with Crippen LogP contribution in [0.4, 0.5) is 0 Å². The molecular weight excluding hydrogens is 154 g/mol. The maximum atomic E-state index is 10.7. The molecule has 0 unspecified atom stereocenters. The van der Waals surface area contributed by atoms with Crippen molar-refractivity contribution < 1.29 is 9.90 Å². The minimum Gasteiger partial charge on any atom is -0.480 e. The molecule has 0 aromatic carbocycles. The average Bonchev–Trinajstić information content (AvgIpc) is 2.07. The number of aromatic nitrogens is 1. The average molecular weight is 164 g/mol. The summed E-state index contributed by atoms with van der Waals surface area (Å²) < 4.78 is 0. The Bertz CT molecular complexity index is 258. The lowest BCUT2D eigenvalue weighted by molar-refractivity contribution is -0.134. The number of pyridine rings is 1. The molecule has 0 aliphatic carbocycles. The van der Waals surface area contributed by atoms with Gasteiger partial charge in [0.15, 0.2) is 0 Å². The summed E-state index contributed by atoms with van der Waals surface area (Å²) in [5.74, 6) is -0.535. The normalized spacial score (nSPS) is 10.2. The molecule has 0 spiro atoms. The van der Waals surface area contributed by atoms with Gasteiger partial charge in [-0.15, -0.1) is 0 Å². The fourth-order valence-electron chi connectivity index (χ4n) is 0.983. The Labute approximate surface area is 71.1 Å². The van der Waals surface area contributed by atoms with E-state index in [9.17, 15) is 4.79 Å². The zero-order valence-corrected chi connectivity index (χ0v) is 6.82. The zero-order valence-electron chi connectivity index (χ0n) is 6.82. The number of carbonyl (C=O) groups is 1. The van der Waals surface area contributed by atoms with Gasteiger partial charge in [0.25, 0.3) is 0 Å². The van der Waals surface area contributed by atoms with Crippen molar-refractivity contribution in [2.75, 3.05) is 0 Å². The van der Waals surface area contributed by atoms with Gasteiger partial charge in [-0.2, -0.15) is 0 Å². The van der Waals surface area contributed by atoms with Gasteiger partial charge >= 0.3 is 5.97 Å². The molecule has 3 nitrogen and oxygen atoms in total. The van der Waals surface area contributed by atoms with E-state index in [0.29, 0.717) is 18.0 Å². The molecule has 12 heavy (non-hydrogen) atoms. The topological polar surface area (TPSA) is 50.2 Å². The van der Waals surface area contributed by atoms with E-state index in [1.54, 1.807) is 31.3 Å². The van der Waals surface area contributed by atoms with Crippen LogP contribution in [0.25, 0.3) is 0 Å².